The first kappa shape index (κ1) is 27.4. The van der Waals surface area contributed by atoms with Gasteiger partial charge in [-0.3, -0.25) is 9.69 Å². The molecule has 1 N–H and O–H groups in total. The van der Waals surface area contributed by atoms with Crippen LogP contribution in [0.1, 0.15) is 30.4 Å². The maximum Gasteiger partial charge on any atom is 0.230 e. The maximum atomic E-state index is 13.3. The summed E-state index contributed by atoms with van der Waals surface area (Å²) < 4.78 is 11.5. The number of piperazine rings is 1. The lowest BCUT2D eigenvalue weighted by Gasteiger charge is -2.43. The highest BCUT2D eigenvalue weighted by molar-refractivity contribution is 5.80. The number of likely N-dealkylation sites (N-methyl/N-ethyl adjacent to an activating group) is 1. The van der Waals surface area contributed by atoms with Crippen molar-refractivity contribution in [1.82, 2.24) is 14.7 Å². The molecule has 2 heterocycles. The molecule has 1 aliphatic carbocycles. The number of allylic oxidation sites excluding steroid dienone is 1. The number of methoxy groups -OCH3 is 1. The molecular weight excluding hydrogens is 488 g/mol. The van der Waals surface area contributed by atoms with Crippen molar-refractivity contribution in [1.29, 1.82) is 0 Å². The first-order valence-electron chi connectivity index (χ1n) is 14.3. The molecule has 2 aliphatic heterocycles. The van der Waals surface area contributed by atoms with Crippen molar-refractivity contribution in [2.75, 3.05) is 65.3 Å². The van der Waals surface area contributed by atoms with Gasteiger partial charge in [-0.25, -0.2) is 0 Å². The lowest BCUT2D eigenvalue weighted by atomic mass is 9.83. The predicted molar refractivity (Wildman–Crippen MR) is 155 cm³/mol. The van der Waals surface area contributed by atoms with Crippen LogP contribution in [0.4, 0.5) is 5.69 Å². The zero-order valence-electron chi connectivity index (χ0n) is 23.4. The van der Waals surface area contributed by atoms with Crippen LogP contribution in [-0.4, -0.2) is 86.7 Å². The van der Waals surface area contributed by atoms with E-state index < -0.39 is 0 Å². The lowest BCUT2D eigenvalue weighted by Crippen LogP contribution is -2.51. The smallest absolute Gasteiger partial charge is 0.230 e. The maximum absolute atomic E-state index is 13.3. The molecule has 1 amide bonds. The van der Waals surface area contributed by atoms with Gasteiger partial charge in [0, 0.05) is 63.6 Å². The lowest BCUT2D eigenvalue weighted by molar-refractivity contribution is -0.128. The van der Waals surface area contributed by atoms with Gasteiger partial charge in [0.15, 0.2) is 0 Å². The minimum Gasteiger partial charge on any atom is -0.501 e. The predicted octanol–water partition coefficient (Wildman–Crippen LogP) is 4.28. The third-order valence-electron chi connectivity index (χ3n) is 8.13. The van der Waals surface area contributed by atoms with Crippen molar-refractivity contribution in [3.05, 3.63) is 88.8 Å². The third kappa shape index (κ3) is 7.10. The van der Waals surface area contributed by atoms with Gasteiger partial charge in [0.1, 0.15) is 0 Å². The second-order valence-electron chi connectivity index (χ2n) is 10.8. The van der Waals surface area contributed by atoms with E-state index in [2.05, 4.69) is 40.5 Å². The number of benzene rings is 2. The van der Waals surface area contributed by atoms with E-state index in [9.17, 15) is 4.79 Å². The Morgan fingerprint density at radius 1 is 0.949 bits per heavy atom. The van der Waals surface area contributed by atoms with Crippen LogP contribution >= 0.6 is 0 Å². The highest BCUT2D eigenvalue weighted by atomic mass is 16.5. The zero-order chi connectivity index (χ0) is 27.0. The Morgan fingerprint density at radius 3 is 2.46 bits per heavy atom. The number of amides is 1. The van der Waals surface area contributed by atoms with Gasteiger partial charge in [-0.15, -0.1) is 0 Å². The van der Waals surface area contributed by atoms with Crippen molar-refractivity contribution < 1.29 is 14.3 Å². The first-order valence-corrected chi connectivity index (χ1v) is 14.3. The Kier molecular flexibility index (Phi) is 9.35. The molecule has 0 saturated carbocycles. The van der Waals surface area contributed by atoms with E-state index in [0.717, 1.165) is 69.0 Å². The number of nitrogens with zero attached hydrogens (tertiary/aromatic N) is 3. The summed E-state index contributed by atoms with van der Waals surface area (Å²) in [5.74, 6) is 1.26. The van der Waals surface area contributed by atoms with Crippen molar-refractivity contribution in [2.45, 2.75) is 38.3 Å². The number of hydrogen-bond acceptors (Lipinski definition) is 6. The third-order valence-corrected chi connectivity index (χ3v) is 8.13. The highest BCUT2D eigenvalue weighted by Gasteiger charge is 2.35. The van der Waals surface area contributed by atoms with Crippen LogP contribution in [0, 0.1) is 0 Å². The van der Waals surface area contributed by atoms with E-state index in [-0.39, 0.29) is 5.91 Å². The monoisotopic (exact) mass is 530 g/mol. The van der Waals surface area contributed by atoms with Gasteiger partial charge < -0.3 is 24.6 Å². The summed E-state index contributed by atoms with van der Waals surface area (Å²) in [6, 6.07) is 18.8. The van der Waals surface area contributed by atoms with Crippen molar-refractivity contribution >= 4 is 11.6 Å². The molecule has 5 rings (SSSR count). The van der Waals surface area contributed by atoms with Crippen LogP contribution in [0.3, 0.4) is 0 Å². The summed E-state index contributed by atoms with van der Waals surface area (Å²) in [6.07, 6.45) is 5.43. The number of ether oxygens (including phenoxy) is 2. The van der Waals surface area contributed by atoms with Crippen LogP contribution in [0.2, 0.25) is 0 Å². The summed E-state index contributed by atoms with van der Waals surface area (Å²) in [6.45, 7) is 7.03. The van der Waals surface area contributed by atoms with Gasteiger partial charge in [-0.05, 0) is 54.3 Å². The Labute approximate surface area is 233 Å². The van der Waals surface area contributed by atoms with Crippen LogP contribution in [0.5, 0.6) is 0 Å². The fourth-order valence-corrected chi connectivity index (χ4v) is 5.83. The average molecular weight is 531 g/mol. The zero-order valence-corrected chi connectivity index (χ0v) is 23.4. The number of fused-ring (bicyclic) bond motifs is 1. The number of anilines is 1. The van der Waals surface area contributed by atoms with Gasteiger partial charge >= 0.3 is 0 Å². The second-order valence-corrected chi connectivity index (χ2v) is 10.8. The Hall–Kier alpha value is -3.13. The minimum absolute atomic E-state index is 0.151. The van der Waals surface area contributed by atoms with Crippen LogP contribution in [-0.2, 0) is 27.3 Å². The summed E-state index contributed by atoms with van der Waals surface area (Å²) >= 11 is 0. The molecule has 0 radical (unpaired) electrons. The van der Waals surface area contributed by atoms with Crippen LogP contribution < -0.4 is 5.32 Å². The van der Waals surface area contributed by atoms with Crippen molar-refractivity contribution in [2.24, 2.45) is 0 Å². The molecular formula is C32H42N4O3. The molecule has 0 aromatic heterocycles. The summed E-state index contributed by atoms with van der Waals surface area (Å²) in [5.41, 5.74) is 5.85. The Balaban J connectivity index is 1.15. The Morgan fingerprint density at radius 2 is 1.72 bits per heavy atom. The largest absolute Gasteiger partial charge is 0.501 e. The molecule has 2 aromatic carbocycles. The van der Waals surface area contributed by atoms with E-state index in [1.807, 2.05) is 47.4 Å². The van der Waals surface area contributed by atoms with Gasteiger partial charge in [-0.1, -0.05) is 42.5 Å². The quantitative estimate of drug-likeness (QED) is 0.463. The molecule has 0 spiro atoms. The number of carbonyl (C=O) groups is 1. The molecule has 208 valence electrons. The molecule has 7 nitrogen and oxygen atoms in total. The molecule has 7 heteroatoms. The molecule has 1 fully saturated rings. The van der Waals surface area contributed by atoms with Crippen molar-refractivity contribution in [3.63, 3.8) is 0 Å². The summed E-state index contributed by atoms with van der Waals surface area (Å²) in [4.78, 5) is 20.3. The van der Waals surface area contributed by atoms with Gasteiger partial charge in [0.25, 0.3) is 0 Å². The van der Waals surface area contributed by atoms with E-state index in [1.54, 1.807) is 7.11 Å². The SMILES string of the molecule is COC1=C2CCN(C(=O)Cc3ccc(NCCOCc4ccccc4)cc3)C=C2C(N2CCN(C)CC2)CC1. The molecule has 1 atom stereocenters. The van der Waals surface area contributed by atoms with Gasteiger partial charge in [0.05, 0.1) is 32.5 Å². The fraction of sp³-hybridized carbons (Fsp3) is 0.469. The molecule has 1 unspecified atom stereocenters. The average Bonchev–Trinajstić information content (AvgIpc) is 2.98. The number of nitrogens with one attached hydrogen (secondary N) is 1. The van der Waals surface area contributed by atoms with E-state index >= 15 is 0 Å². The first-order chi connectivity index (χ1) is 19.1. The summed E-state index contributed by atoms with van der Waals surface area (Å²) in [5, 5.41) is 3.40. The standard InChI is InChI=1S/C32H42N4O3/c1-34-17-19-35(20-18-34)30-12-13-31(38-2)28-14-16-36(23-29(28)30)32(37)22-25-8-10-27(11-9-25)33-15-21-39-24-26-6-4-3-5-7-26/h3-11,23,30,33H,12-22,24H2,1-2H3. The molecule has 0 bridgehead atoms. The van der Waals surface area contributed by atoms with E-state index in [1.165, 1.54) is 16.7 Å². The fourth-order valence-electron chi connectivity index (χ4n) is 5.83. The van der Waals surface area contributed by atoms with Crippen molar-refractivity contribution in [3.8, 4) is 0 Å². The van der Waals surface area contributed by atoms with E-state index in [4.69, 9.17) is 9.47 Å². The number of hydrogen-bond donors (Lipinski definition) is 1. The minimum atomic E-state index is 0.151. The highest BCUT2D eigenvalue weighted by Crippen LogP contribution is 2.38. The summed E-state index contributed by atoms with van der Waals surface area (Å²) in [7, 11) is 3.97. The van der Waals surface area contributed by atoms with Crippen LogP contribution in [0.15, 0.2) is 77.7 Å². The Bertz CT molecular complexity index is 1150. The van der Waals surface area contributed by atoms with Crippen LogP contribution in [0.25, 0.3) is 0 Å². The van der Waals surface area contributed by atoms with Gasteiger partial charge in [0.2, 0.25) is 5.91 Å². The normalized spacial score (nSPS) is 20.4. The molecule has 2 aromatic rings. The molecule has 1 saturated heterocycles. The number of carbonyl (C=O) groups excluding carboxylic acids is 1. The second kappa shape index (κ2) is 13.3. The number of rotatable bonds is 10. The van der Waals surface area contributed by atoms with E-state index in [0.29, 0.717) is 32.2 Å². The molecule has 3 aliphatic rings. The topological polar surface area (TPSA) is 57.3 Å². The van der Waals surface area contributed by atoms with Gasteiger partial charge in [-0.2, -0.15) is 0 Å². The molecule has 39 heavy (non-hydrogen) atoms.